The summed E-state index contributed by atoms with van der Waals surface area (Å²) in [6.45, 7) is 2.28. The van der Waals surface area contributed by atoms with E-state index in [0.29, 0.717) is 26.9 Å². The minimum atomic E-state index is -0.592. The third-order valence-corrected chi connectivity index (χ3v) is 6.26. The molecule has 4 rings (SSSR count). The standard InChI is InChI=1S/C25H19Br2FN2O3/c1-15-6-8-16(9-7-15)14-33-23-19(26)10-17(11-20(23)27)12-22-24(31)30(25(32)29-22)13-18-4-2-3-5-21(18)28/h2-12H,13-14H2,1H3,(H,29,32)/b22-12+. The second-order valence-electron chi connectivity index (χ2n) is 7.56. The molecule has 0 aliphatic carbocycles. The van der Waals surface area contributed by atoms with Gasteiger partial charge in [0.25, 0.3) is 5.91 Å². The van der Waals surface area contributed by atoms with Crippen molar-refractivity contribution in [1.29, 1.82) is 0 Å². The van der Waals surface area contributed by atoms with Crippen LogP contribution in [0.1, 0.15) is 22.3 Å². The molecule has 0 atom stereocenters. The molecule has 0 aromatic heterocycles. The highest BCUT2D eigenvalue weighted by atomic mass is 79.9. The summed E-state index contributed by atoms with van der Waals surface area (Å²) in [4.78, 5) is 26.1. The number of carbonyl (C=O) groups excluding carboxylic acids is 2. The molecule has 1 aliphatic heterocycles. The first-order valence-electron chi connectivity index (χ1n) is 10.1. The van der Waals surface area contributed by atoms with Crippen molar-refractivity contribution in [2.45, 2.75) is 20.1 Å². The van der Waals surface area contributed by atoms with Crippen molar-refractivity contribution in [3.05, 3.63) is 103 Å². The molecule has 1 fully saturated rings. The summed E-state index contributed by atoms with van der Waals surface area (Å²) >= 11 is 7.03. The van der Waals surface area contributed by atoms with Gasteiger partial charge in [-0.05, 0) is 74.2 Å². The van der Waals surface area contributed by atoms with E-state index in [2.05, 4.69) is 37.2 Å². The maximum absolute atomic E-state index is 14.0. The van der Waals surface area contributed by atoms with Crippen LogP contribution in [0.5, 0.6) is 5.75 Å². The molecule has 0 radical (unpaired) electrons. The fourth-order valence-corrected chi connectivity index (χ4v) is 4.77. The number of amides is 3. The third-order valence-electron chi connectivity index (χ3n) is 5.08. The number of halogens is 3. The summed E-state index contributed by atoms with van der Waals surface area (Å²) in [6, 6.07) is 17.1. The number of rotatable bonds is 6. The van der Waals surface area contributed by atoms with E-state index in [1.807, 2.05) is 31.2 Å². The summed E-state index contributed by atoms with van der Waals surface area (Å²) in [5.74, 6) is -0.361. The van der Waals surface area contributed by atoms with Gasteiger partial charge in [-0.2, -0.15) is 0 Å². The van der Waals surface area contributed by atoms with E-state index in [1.165, 1.54) is 11.6 Å². The highest BCUT2D eigenvalue weighted by molar-refractivity contribution is 9.11. The van der Waals surface area contributed by atoms with E-state index >= 15 is 0 Å². The van der Waals surface area contributed by atoms with Gasteiger partial charge in [-0.25, -0.2) is 9.18 Å². The monoisotopic (exact) mass is 572 g/mol. The largest absolute Gasteiger partial charge is 0.487 e. The van der Waals surface area contributed by atoms with Gasteiger partial charge in [-0.15, -0.1) is 0 Å². The zero-order chi connectivity index (χ0) is 23.5. The van der Waals surface area contributed by atoms with Crippen molar-refractivity contribution in [2.24, 2.45) is 0 Å². The Morgan fingerprint density at radius 3 is 2.36 bits per heavy atom. The molecule has 0 spiro atoms. The lowest BCUT2D eigenvalue weighted by molar-refractivity contribution is -0.123. The highest BCUT2D eigenvalue weighted by Crippen LogP contribution is 2.36. The second-order valence-corrected chi connectivity index (χ2v) is 9.27. The Kier molecular flexibility index (Phi) is 6.95. The zero-order valence-corrected chi connectivity index (χ0v) is 20.7. The van der Waals surface area contributed by atoms with Crippen molar-refractivity contribution in [1.82, 2.24) is 10.2 Å². The molecular weight excluding hydrogens is 555 g/mol. The topological polar surface area (TPSA) is 58.6 Å². The Morgan fingerprint density at radius 2 is 1.70 bits per heavy atom. The number of urea groups is 1. The van der Waals surface area contributed by atoms with Gasteiger partial charge >= 0.3 is 6.03 Å². The fraction of sp³-hybridized carbons (Fsp3) is 0.120. The molecule has 1 N–H and O–H groups in total. The first-order valence-corrected chi connectivity index (χ1v) is 11.7. The molecule has 1 aliphatic rings. The quantitative estimate of drug-likeness (QED) is 0.277. The van der Waals surface area contributed by atoms with Gasteiger partial charge < -0.3 is 10.1 Å². The van der Waals surface area contributed by atoms with Gasteiger partial charge in [0.1, 0.15) is 23.9 Å². The van der Waals surface area contributed by atoms with Gasteiger partial charge in [0.05, 0.1) is 15.5 Å². The van der Waals surface area contributed by atoms with Crippen molar-refractivity contribution >= 4 is 49.9 Å². The Morgan fingerprint density at radius 1 is 1.03 bits per heavy atom. The fourth-order valence-electron chi connectivity index (χ4n) is 3.32. The summed E-state index contributed by atoms with van der Waals surface area (Å²) in [6.07, 6.45) is 1.57. The average Bonchev–Trinajstić information content (AvgIpc) is 3.03. The van der Waals surface area contributed by atoms with Crippen molar-refractivity contribution in [3.63, 3.8) is 0 Å². The molecule has 0 unspecified atom stereocenters. The Labute approximate surface area is 207 Å². The zero-order valence-electron chi connectivity index (χ0n) is 17.6. The SMILES string of the molecule is Cc1ccc(COc2c(Br)cc(/C=C3/NC(=O)N(Cc4ccccc4F)C3=O)cc2Br)cc1. The minimum Gasteiger partial charge on any atom is -0.487 e. The normalized spacial score (nSPS) is 14.7. The lowest BCUT2D eigenvalue weighted by atomic mass is 10.1. The summed E-state index contributed by atoms with van der Waals surface area (Å²) in [7, 11) is 0. The van der Waals surface area contributed by atoms with E-state index in [-0.39, 0.29) is 17.8 Å². The van der Waals surface area contributed by atoms with Crippen molar-refractivity contribution < 1.29 is 18.7 Å². The number of carbonyl (C=O) groups is 2. The number of hydrogen-bond acceptors (Lipinski definition) is 3. The predicted molar refractivity (Wildman–Crippen MR) is 131 cm³/mol. The van der Waals surface area contributed by atoms with E-state index in [4.69, 9.17) is 4.74 Å². The van der Waals surface area contributed by atoms with Crippen LogP contribution in [0.4, 0.5) is 9.18 Å². The van der Waals surface area contributed by atoms with Gasteiger partial charge in [0.2, 0.25) is 0 Å². The van der Waals surface area contributed by atoms with Crippen LogP contribution in [0.2, 0.25) is 0 Å². The molecule has 33 heavy (non-hydrogen) atoms. The average molecular weight is 574 g/mol. The lowest BCUT2D eigenvalue weighted by Crippen LogP contribution is -2.30. The number of nitrogens with one attached hydrogen (secondary N) is 1. The Balaban J connectivity index is 1.50. The molecular formula is C25H19Br2FN2O3. The van der Waals surface area contributed by atoms with Crippen LogP contribution in [0, 0.1) is 12.7 Å². The smallest absolute Gasteiger partial charge is 0.329 e. The Hall–Kier alpha value is -2.97. The number of hydrogen-bond donors (Lipinski definition) is 1. The summed E-state index contributed by atoms with van der Waals surface area (Å²) in [5, 5.41) is 2.56. The number of benzene rings is 3. The van der Waals surface area contributed by atoms with Gasteiger partial charge in [0.15, 0.2) is 0 Å². The van der Waals surface area contributed by atoms with Crippen LogP contribution in [0.15, 0.2) is 75.3 Å². The van der Waals surface area contributed by atoms with E-state index in [0.717, 1.165) is 10.5 Å². The minimum absolute atomic E-state index is 0.114. The highest BCUT2D eigenvalue weighted by Gasteiger charge is 2.34. The maximum atomic E-state index is 14.0. The molecule has 3 aromatic carbocycles. The van der Waals surface area contributed by atoms with Crippen LogP contribution in [0.25, 0.3) is 6.08 Å². The summed E-state index contributed by atoms with van der Waals surface area (Å²) in [5.41, 5.74) is 3.28. The number of aryl methyl sites for hydroxylation is 1. The predicted octanol–water partition coefficient (Wildman–Crippen LogP) is 6.33. The molecule has 0 bridgehead atoms. The first kappa shape index (κ1) is 23.2. The van der Waals surface area contributed by atoms with Crippen LogP contribution >= 0.6 is 31.9 Å². The van der Waals surface area contributed by atoms with Crippen LogP contribution in [-0.4, -0.2) is 16.8 Å². The molecule has 1 saturated heterocycles. The van der Waals surface area contributed by atoms with Crippen LogP contribution < -0.4 is 10.1 Å². The van der Waals surface area contributed by atoms with E-state index < -0.39 is 17.8 Å². The van der Waals surface area contributed by atoms with Crippen molar-refractivity contribution in [2.75, 3.05) is 0 Å². The van der Waals surface area contributed by atoms with Crippen LogP contribution in [0.3, 0.4) is 0 Å². The molecule has 3 amide bonds. The molecule has 5 nitrogen and oxygen atoms in total. The molecule has 168 valence electrons. The first-order chi connectivity index (χ1) is 15.8. The molecule has 3 aromatic rings. The maximum Gasteiger partial charge on any atom is 0.329 e. The number of nitrogens with zero attached hydrogens (tertiary/aromatic N) is 1. The molecule has 1 heterocycles. The van der Waals surface area contributed by atoms with E-state index in [9.17, 15) is 14.0 Å². The molecule has 8 heteroatoms. The van der Waals surface area contributed by atoms with Gasteiger partial charge in [-0.1, -0.05) is 48.0 Å². The Bertz CT molecular complexity index is 1240. The van der Waals surface area contributed by atoms with Crippen molar-refractivity contribution in [3.8, 4) is 5.75 Å². The number of ether oxygens (including phenoxy) is 1. The summed E-state index contributed by atoms with van der Waals surface area (Å²) < 4.78 is 21.3. The molecule has 0 saturated carbocycles. The van der Waals surface area contributed by atoms with Crippen LogP contribution in [-0.2, 0) is 17.9 Å². The lowest BCUT2D eigenvalue weighted by Gasteiger charge is -2.12. The van der Waals surface area contributed by atoms with Gasteiger partial charge in [0, 0.05) is 5.56 Å². The third kappa shape index (κ3) is 5.34. The van der Waals surface area contributed by atoms with Gasteiger partial charge in [-0.3, -0.25) is 9.69 Å². The van der Waals surface area contributed by atoms with E-state index in [1.54, 1.807) is 36.4 Å². The number of imide groups is 1. The second kappa shape index (κ2) is 9.89.